The van der Waals surface area contributed by atoms with E-state index in [1.165, 1.54) is 43.6 Å². The highest BCUT2D eigenvalue weighted by Crippen LogP contribution is 2.45. The second-order valence-electron chi connectivity index (χ2n) is 46.4. The van der Waals surface area contributed by atoms with Gasteiger partial charge in [-0.25, -0.2) is 22.1 Å². The molecular weight excluding hydrogens is 1500 g/mol. The van der Waals surface area contributed by atoms with Gasteiger partial charge in [-0.1, -0.05) is 351 Å². The molecule has 0 radical (unpaired) electrons. The number of phosphoric ester groups is 1. The summed E-state index contributed by atoms with van der Waals surface area (Å²) in [7, 11) is 1.41. The van der Waals surface area contributed by atoms with Crippen LogP contribution in [0.5, 0.6) is 0 Å². The molecule has 0 saturated heterocycles. The summed E-state index contributed by atoms with van der Waals surface area (Å²) in [6.07, 6.45) is 7.05. The molecule has 0 bridgehead atoms. The Morgan fingerprint density at radius 1 is 0.403 bits per heavy atom. The fourth-order valence-corrected chi connectivity index (χ4v) is 16.1. The van der Waals surface area contributed by atoms with Crippen LogP contribution in [0, 0.1) is 41.0 Å². The zero-order valence-corrected chi connectivity index (χ0v) is 81.9. The molecule has 119 heavy (non-hydrogen) atoms. The van der Waals surface area contributed by atoms with Gasteiger partial charge < -0.3 is 33.4 Å². The number of H-pyrrole nitrogens is 1. The van der Waals surface area contributed by atoms with Crippen LogP contribution in [0.15, 0.2) is 114 Å². The molecule has 0 amide bonds. The summed E-state index contributed by atoms with van der Waals surface area (Å²) >= 11 is 0. The van der Waals surface area contributed by atoms with Crippen LogP contribution in [0.2, 0.25) is 0 Å². The third-order valence-corrected chi connectivity index (χ3v) is 23.6. The van der Waals surface area contributed by atoms with Gasteiger partial charge in [-0.2, -0.15) is 0 Å². The monoisotopic (exact) mass is 1650 g/mol. The van der Waals surface area contributed by atoms with Crippen molar-refractivity contribution in [1.82, 2.24) is 23.6 Å². The van der Waals surface area contributed by atoms with Crippen LogP contribution in [-0.2, 0) is 96.4 Å². The van der Waals surface area contributed by atoms with Crippen LogP contribution >= 0.6 is 7.82 Å². The van der Waals surface area contributed by atoms with Gasteiger partial charge in [0.1, 0.15) is 6.73 Å². The highest BCUT2D eigenvalue weighted by Gasteiger charge is 2.34. The maximum Gasteiger partial charge on any atom is 0.471 e. The van der Waals surface area contributed by atoms with Crippen LogP contribution < -0.4 is 0 Å². The van der Waals surface area contributed by atoms with E-state index in [1.807, 2.05) is 143 Å². The van der Waals surface area contributed by atoms with Crippen LogP contribution in [0.25, 0.3) is 55.8 Å². The molecule has 0 spiro atoms. The maximum absolute atomic E-state index is 15.3. The van der Waals surface area contributed by atoms with E-state index in [1.54, 1.807) is 22.8 Å². The first kappa shape index (κ1) is 98.9. The lowest BCUT2D eigenvalue weighted by atomic mass is 9.81. The van der Waals surface area contributed by atoms with Gasteiger partial charge in [0.15, 0.2) is 23.3 Å². The Bertz CT molecular complexity index is 5410. The van der Waals surface area contributed by atoms with Crippen LogP contribution in [0.1, 0.15) is 333 Å². The van der Waals surface area contributed by atoms with Gasteiger partial charge in [-0.15, -0.1) is 0 Å². The smallest absolute Gasteiger partial charge is 0.356 e. The van der Waals surface area contributed by atoms with Crippen molar-refractivity contribution in [3.05, 3.63) is 222 Å². The number of benzene rings is 6. The van der Waals surface area contributed by atoms with E-state index in [0.29, 0.717) is 27.4 Å². The van der Waals surface area contributed by atoms with Crippen molar-refractivity contribution < 1.29 is 36.4 Å². The van der Waals surface area contributed by atoms with Gasteiger partial charge in [-0.05, 0) is 163 Å². The normalized spacial score (nSPS) is 14.1. The number of phosphoric acid groups is 1. The third-order valence-electron chi connectivity index (χ3n) is 23.1. The molecule has 0 fully saturated rings. The van der Waals surface area contributed by atoms with Crippen molar-refractivity contribution in [2.24, 2.45) is 17.9 Å². The number of halogens is 4. The van der Waals surface area contributed by atoms with Crippen molar-refractivity contribution in [2.75, 3.05) is 20.6 Å². The number of nitrogens with zero attached hydrogens (tertiary/aromatic N) is 4. The number of hydrogen-bond acceptors (Lipinski definition) is 3. The minimum Gasteiger partial charge on any atom is -0.356 e. The molecule has 2 aliphatic carbocycles. The molecular formula is C105H152F4N5O4P. The molecule has 9 nitrogen and oxygen atoms in total. The summed E-state index contributed by atoms with van der Waals surface area (Å²) in [5.41, 5.74) is 22.7. The minimum atomic E-state index is -4.66. The van der Waals surface area contributed by atoms with Crippen LogP contribution in [-0.4, -0.2) is 54.0 Å². The van der Waals surface area contributed by atoms with Crippen molar-refractivity contribution in [3.8, 4) is 0 Å². The summed E-state index contributed by atoms with van der Waals surface area (Å²) in [6.45, 7) is 80.6. The SMILES string of the molecule is CC(C)(C)C1=Cc2cc(C(C)(C)C)ccc2C1.CC(C)(C)c1cc2ccc(C(C)(C)C)c(F)c2[nH]1.CC(C)(C)c1ccc2cc(C(C)(C)C)n(COP(=O)(O)O)c2c1F.CN(C)CCn1c(C(C)(C)C)cc2ccc(C(C)(C)C)c(F)c21.Cc1c(C(C)(C)C)ccc2c1CC(C(C)(C)C)=C2.Cn1c(C(C)(C)C)cc2ccc(C(C)(C)C)c(F)c21. The predicted molar refractivity (Wildman–Crippen MR) is 504 cm³/mol. The summed E-state index contributed by atoms with van der Waals surface area (Å²) in [5, 5.41) is 3.61. The Hall–Kier alpha value is -7.25. The molecule has 4 heterocycles. The zero-order chi connectivity index (χ0) is 90.9. The quantitative estimate of drug-likeness (QED) is 0.114. The standard InChI is InChI=1S/C20H31FN2.C18H26.C17H25FNO4P.C17H24FN.C17H24.C16H22FN/c1-19(2,3)15-10-9-14-13-16(20(4,5)6)23(12-11-22(7)8)18(14)17(15)21;1-12-15-11-14(17(2,3)4)10-13(15)8-9-16(12)18(5,6)7;1-16(2,3)12-8-7-11-9-13(17(4,5)6)19(15(11)14(12)18)10-23-24(20,21)22;1-16(2,3)12-9-8-11-10-13(17(4,5)6)19(7)15(11)14(12)18;1-16(2,3)14-8-7-12-9-15(17(4,5)6)11-13(12)10-14;1-15(2,3)11-8-7-10-9-12(16(4,5)6)18-14(10)13(11)17/h9-10,13H,11-12H2,1-8H3;8-10H,11H2,1-7H3;7-9H,10H2,1-6H3,(H2,20,21,22);8-10H,1-7H3;7-8,10-11H,9H2,1-6H3;7-9,18H,1-6H3. The molecule has 0 atom stereocenters. The van der Waals surface area contributed by atoms with Gasteiger partial charge in [0.05, 0.1) is 22.1 Å². The number of nitrogens with one attached hydrogen (secondary N) is 1. The Labute approximate surface area is 715 Å². The second kappa shape index (κ2) is 34.8. The molecule has 0 unspecified atom stereocenters. The molecule has 12 rings (SSSR count). The molecule has 0 saturated carbocycles. The summed E-state index contributed by atoms with van der Waals surface area (Å²) in [5.74, 6) is -0.646. The van der Waals surface area contributed by atoms with Crippen molar-refractivity contribution in [2.45, 2.75) is 336 Å². The number of likely N-dealkylation sites (N-methyl/N-ethyl adjacent to an activating group) is 1. The first-order valence-electron chi connectivity index (χ1n) is 42.9. The Morgan fingerprint density at radius 2 is 0.782 bits per heavy atom. The lowest BCUT2D eigenvalue weighted by Gasteiger charge is -2.24. The van der Waals surface area contributed by atoms with Crippen molar-refractivity contribution >= 4 is 63.6 Å². The Kier molecular flexibility index (Phi) is 28.9. The lowest BCUT2D eigenvalue weighted by molar-refractivity contribution is 0.152. The molecule has 654 valence electrons. The molecule has 2 aliphatic rings. The van der Waals surface area contributed by atoms with Gasteiger partial charge in [0, 0.05) is 86.1 Å². The lowest BCUT2D eigenvalue weighted by Crippen LogP contribution is -2.24. The number of rotatable bonds is 6. The van der Waals surface area contributed by atoms with E-state index in [4.69, 9.17) is 9.79 Å². The second-order valence-corrected chi connectivity index (χ2v) is 47.6. The highest BCUT2D eigenvalue weighted by molar-refractivity contribution is 7.46. The predicted octanol–water partition coefficient (Wildman–Crippen LogP) is 29.4. The molecule has 0 aliphatic heterocycles. The fraction of sp³-hybridized carbons (Fsp3) is 0.543. The van der Waals surface area contributed by atoms with E-state index in [2.05, 4.69) is 267 Å². The van der Waals surface area contributed by atoms with Crippen LogP contribution in [0.3, 0.4) is 0 Å². The van der Waals surface area contributed by atoms with E-state index in [-0.39, 0.29) is 82.8 Å². The largest absolute Gasteiger partial charge is 0.471 e. The fourth-order valence-electron chi connectivity index (χ4n) is 15.8. The molecule has 10 aromatic rings. The van der Waals surface area contributed by atoms with Gasteiger partial charge in [-0.3, -0.25) is 4.52 Å². The molecule has 6 aromatic carbocycles. The topological polar surface area (TPSA) is 101 Å². The number of aromatic amines is 1. The number of aromatic nitrogens is 4. The van der Waals surface area contributed by atoms with E-state index in [0.717, 1.165) is 86.9 Å². The third kappa shape index (κ3) is 24.0. The average molecular weight is 1660 g/mol. The van der Waals surface area contributed by atoms with Crippen molar-refractivity contribution in [3.63, 3.8) is 0 Å². The summed E-state index contributed by atoms with van der Waals surface area (Å²) in [6, 6.07) is 35.2. The van der Waals surface area contributed by atoms with Gasteiger partial charge in [0.25, 0.3) is 0 Å². The number of fused-ring (bicyclic) bond motifs is 6. The summed E-state index contributed by atoms with van der Waals surface area (Å²) < 4.78 is 81.3. The maximum atomic E-state index is 15.3. The first-order valence-corrected chi connectivity index (χ1v) is 44.4. The van der Waals surface area contributed by atoms with E-state index < -0.39 is 14.6 Å². The number of hydrogen-bond donors (Lipinski definition) is 3. The number of aryl methyl sites for hydroxylation is 1. The molecule has 14 heteroatoms. The van der Waals surface area contributed by atoms with Crippen LogP contribution in [0.4, 0.5) is 17.6 Å². The zero-order valence-electron chi connectivity index (χ0n) is 81.0. The van der Waals surface area contributed by atoms with Crippen molar-refractivity contribution in [1.29, 1.82) is 0 Å². The Balaban J connectivity index is 0.000000198. The first-order chi connectivity index (χ1) is 53.6. The Morgan fingerprint density at radius 3 is 1.18 bits per heavy atom. The highest BCUT2D eigenvalue weighted by atomic mass is 31.2. The molecule has 3 N–H and O–H groups in total. The van der Waals surface area contributed by atoms with Gasteiger partial charge in [0.2, 0.25) is 0 Å². The van der Waals surface area contributed by atoms with Gasteiger partial charge >= 0.3 is 7.82 Å². The number of allylic oxidation sites excluding steroid dienone is 2. The summed E-state index contributed by atoms with van der Waals surface area (Å²) in [4.78, 5) is 23.4. The average Bonchev–Trinajstić information content (AvgIpc) is 1.62. The van der Waals surface area contributed by atoms with E-state index in [9.17, 15) is 13.3 Å². The minimum absolute atomic E-state index is 0.00730. The van der Waals surface area contributed by atoms with E-state index >= 15 is 8.78 Å². The molecule has 4 aromatic heterocycles.